The maximum atomic E-state index is 13.3. The summed E-state index contributed by atoms with van der Waals surface area (Å²) in [6, 6.07) is 4.04. The van der Waals surface area contributed by atoms with Gasteiger partial charge in [-0.05, 0) is 52.7 Å². The van der Waals surface area contributed by atoms with Crippen LogP contribution < -0.4 is 14.9 Å². The van der Waals surface area contributed by atoms with Crippen molar-refractivity contribution in [1.29, 1.82) is 0 Å². The van der Waals surface area contributed by atoms with Crippen LogP contribution in [0.3, 0.4) is 0 Å². The highest BCUT2D eigenvalue weighted by Gasteiger charge is 2.41. The molecule has 11 heteroatoms. The van der Waals surface area contributed by atoms with E-state index in [1.165, 1.54) is 11.3 Å². The molecule has 0 unspecified atom stereocenters. The van der Waals surface area contributed by atoms with Gasteiger partial charge in [-0.15, -0.1) is 10.2 Å². The van der Waals surface area contributed by atoms with Crippen molar-refractivity contribution >= 4 is 32.7 Å². The van der Waals surface area contributed by atoms with Gasteiger partial charge in [0.05, 0.1) is 10.4 Å². The molecule has 0 spiro atoms. The van der Waals surface area contributed by atoms with E-state index in [9.17, 15) is 8.42 Å². The number of piperazine rings is 1. The molecule has 2 N–H and O–H groups in total. The molecular weight excluding hydrogens is 434 g/mol. The summed E-state index contributed by atoms with van der Waals surface area (Å²) >= 11 is 1.45. The minimum Gasteiger partial charge on any atom is -0.355 e. The van der Waals surface area contributed by atoms with Gasteiger partial charge in [-0.3, -0.25) is 4.40 Å². The molecule has 1 saturated heterocycles. The summed E-state index contributed by atoms with van der Waals surface area (Å²) in [7, 11) is -3.67. The number of hydrogen-bond donors (Lipinski definition) is 2. The van der Waals surface area contributed by atoms with Gasteiger partial charge in [0.25, 0.3) is 0 Å². The molecule has 0 amide bonds. The lowest BCUT2D eigenvalue weighted by Gasteiger charge is -2.38. The molecule has 166 valence electrons. The van der Waals surface area contributed by atoms with Crippen molar-refractivity contribution in [2.75, 3.05) is 18.0 Å². The molecule has 0 bridgehead atoms. The fraction of sp³-hybridized carbons (Fsp3) is 0.550. The van der Waals surface area contributed by atoms with E-state index in [0.29, 0.717) is 16.2 Å². The maximum absolute atomic E-state index is 13.3. The Balaban J connectivity index is 1.68. The molecule has 4 heterocycles. The number of nitrogens with zero attached hydrogens (tertiary/aromatic N) is 5. The van der Waals surface area contributed by atoms with Crippen molar-refractivity contribution in [3.63, 3.8) is 0 Å². The van der Waals surface area contributed by atoms with E-state index in [2.05, 4.69) is 44.0 Å². The van der Waals surface area contributed by atoms with Crippen LogP contribution in [0.2, 0.25) is 0 Å². The molecule has 2 atom stereocenters. The standard InChI is InChI=1S/C20H27N7O2S2/c1-12-9-26(10-13(2)22-12)17-8-15(31(28,29)25-20(4)5-6-20)7-16-18(21-11-27(16)17)19-24-23-14(3)30-19/h7-8,11-13,22,25H,5-6,9-10H2,1-4H3/t12-,13-/m0/s1. The minimum absolute atomic E-state index is 0.255. The Morgan fingerprint density at radius 1 is 1.19 bits per heavy atom. The smallest absolute Gasteiger partial charge is 0.241 e. The Kier molecular flexibility index (Phi) is 4.85. The van der Waals surface area contributed by atoms with Crippen LogP contribution in [0, 0.1) is 6.92 Å². The first-order valence-corrected chi connectivity index (χ1v) is 12.8. The zero-order chi connectivity index (χ0) is 22.0. The van der Waals surface area contributed by atoms with Crippen LogP contribution in [0.5, 0.6) is 0 Å². The van der Waals surface area contributed by atoms with Gasteiger partial charge in [0.15, 0.2) is 5.01 Å². The number of hydrogen-bond acceptors (Lipinski definition) is 8. The van der Waals surface area contributed by atoms with Gasteiger partial charge in [-0.2, -0.15) is 0 Å². The number of aryl methyl sites for hydroxylation is 1. The normalized spacial score (nSPS) is 23.4. The molecule has 0 aromatic carbocycles. The van der Waals surface area contributed by atoms with E-state index in [1.807, 2.05) is 18.2 Å². The summed E-state index contributed by atoms with van der Waals surface area (Å²) < 4.78 is 31.4. The minimum atomic E-state index is -3.67. The predicted octanol–water partition coefficient (Wildman–Crippen LogP) is 2.18. The number of nitrogens with one attached hydrogen (secondary N) is 2. The number of pyridine rings is 1. The van der Waals surface area contributed by atoms with Crippen molar-refractivity contribution in [2.45, 2.75) is 63.1 Å². The molecule has 2 fully saturated rings. The summed E-state index contributed by atoms with van der Waals surface area (Å²) in [5, 5.41) is 13.4. The number of rotatable bonds is 5. The van der Waals surface area contributed by atoms with Crippen molar-refractivity contribution in [1.82, 2.24) is 29.6 Å². The number of imidazole rings is 1. The topological polar surface area (TPSA) is 105 Å². The van der Waals surface area contributed by atoms with Crippen LogP contribution >= 0.6 is 11.3 Å². The SMILES string of the molecule is Cc1nnc(-c2ncn3c(N4C[C@H](C)N[C@@H](C)C4)cc(S(=O)(=O)NC4(C)CC4)cc23)s1. The predicted molar refractivity (Wildman–Crippen MR) is 121 cm³/mol. The lowest BCUT2D eigenvalue weighted by atomic mass is 10.1. The quantitative estimate of drug-likeness (QED) is 0.600. The maximum Gasteiger partial charge on any atom is 0.241 e. The summed E-state index contributed by atoms with van der Waals surface area (Å²) in [6.45, 7) is 9.67. The Labute approximate surface area is 185 Å². The second-order valence-electron chi connectivity index (χ2n) is 9.06. The first kappa shape index (κ1) is 20.8. The van der Waals surface area contributed by atoms with Crippen molar-refractivity contribution in [3.05, 3.63) is 23.5 Å². The van der Waals surface area contributed by atoms with Gasteiger partial charge in [0.1, 0.15) is 22.8 Å². The molecule has 2 aliphatic rings. The van der Waals surface area contributed by atoms with Gasteiger partial charge >= 0.3 is 0 Å². The second kappa shape index (κ2) is 7.22. The first-order valence-electron chi connectivity index (χ1n) is 10.5. The van der Waals surface area contributed by atoms with Crippen molar-refractivity contribution < 1.29 is 8.42 Å². The van der Waals surface area contributed by atoms with Crippen molar-refractivity contribution in [3.8, 4) is 10.7 Å². The van der Waals surface area contributed by atoms with Crippen LogP contribution in [0.1, 0.15) is 38.6 Å². The first-order chi connectivity index (χ1) is 14.6. The van der Waals surface area contributed by atoms with Crippen LogP contribution in [-0.4, -0.2) is 58.7 Å². The summed E-state index contributed by atoms with van der Waals surface area (Å²) in [5.41, 5.74) is 1.02. The molecule has 31 heavy (non-hydrogen) atoms. The molecule has 9 nitrogen and oxygen atoms in total. The van der Waals surface area contributed by atoms with Crippen molar-refractivity contribution in [2.24, 2.45) is 0 Å². The molecule has 1 aliphatic heterocycles. The Morgan fingerprint density at radius 2 is 1.90 bits per heavy atom. The van der Waals surface area contributed by atoms with E-state index in [0.717, 1.165) is 36.8 Å². The number of fused-ring (bicyclic) bond motifs is 1. The largest absolute Gasteiger partial charge is 0.355 e. The fourth-order valence-electron chi connectivity index (χ4n) is 4.19. The average Bonchev–Trinajstić information content (AvgIpc) is 3.07. The molecule has 1 aliphatic carbocycles. The van der Waals surface area contributed by atoms with Gasteiger partial charge < -0.3 is 10.2 Å². The molecule has 5 rings (SSSR count). The Bertz CT molecular complexity index is 1240. The molecule has 3 aromatic rings. The molecule has 0 radical (unpaired) electrons. The van der Waals surface area contributed by atoms with Gasteiger partial charge in [-0.1, -0.05) is 11.3 Å². The van der Waals surface area contributed by atoms with E-state index < -0.39 is 10.0 Å². The summed E-state index contributed by atoms with van der Waals surface area (Å²) in [5.74, 6) is 0.819. The number of aromatic nitrogens is 4. The zero-order valence-corrected chi connectivity index (χ0v) is 19.7. The van der Waals surface area contributed by atoms with Crippen LogP contribution in [0.25, 0.3) is 16.2 Å². The van der Waals surface area contributed by atoms with Crippen LogP contribution in [-0.2, 0) is 10.0 Å². The highest BCUT2D eigenvalue weighted by molar-refractivity contribution is 7.89. The molecule has 3 aromatic heterocycles. The van der Waals surface area contributed by atoms with Gasteiger partial charge in [0, 0.05) is 30.7 Å². The van der Waals surface area contributed by atoms with Crippen LogP contribution in [0.4, 0.5) is 5.82 Å². The highest BCUT2D eigenvalue weighted by Crippen LogP contribution is 2.37. The third-order valence-electron chi connectivity index (χ3n) is 5.90. The third-order valence-corrected chi connectivity index (χ3v) is 8.37. The Morgan fingerprint density at radius 3 is 2.52 bits per heavy atom. The number of sulfonamides is 1. The molecular formula is C20H27N7O2S2. The lowest BCUT2D eigenvalue weighted by molar-refractivity contribution is 0.404. The third kappa shape index (κ3) is 3.95. The fourth-order valence-corrected chi connectivity index (χ4v) is 6.39. The van der Waals surface area contributed by atoms with E-state index >= 15 is 0 Å². The number of anilines is 1. The molecule has 1 saturated carbocycles. The van der Waals surface area contributed by atoms with E-state index in [1.54, 1.807) is 18.5 Å². The van der Waals surface area contributed by atoms with E-state index in [-0.39, 0.29) is 22.5 Å². The van der Waals surface area contributed by atoms with Gasteiger partial charge in [0.2, 0.25) is 10.0 Å². The Hall–Kier alpha value is -2.08. The monoisotopic (exact) mass is 461 g/mol. The lowest BCUT2D eigenvalue weighted by Crippen LogP contribution is -2.54. The van der Waals surface area contributed by atoms with E-state index in [4.69, 9.17) is 0 Å². The van der Waals surface area contributed by atoms with Gasteiger partial charge in [-0.25, -0.2) is 18.1 Å². The average molecular weight is 462 g/mol. The second-order valence-corrected chi connectivity index (χ2v) is 11.9. The highest BCUT2D eigenvalue weighted by atomic mass is 32.2. The summed E-state index contributed by atoms with van der Waals surface area (Å²) in [4.78, 5) is 7.08. The summed E-state index contributed by atoms with van der Waals surface area (Å²) in [6.07, 6.45) is 3.46. The zero-order valence-electron chi connectivity index (χ0n) is 18.1. The van der Waals surface area contributed by atoms with Crippen LogP contribution in [0.15, 0.2) is 23.4 Å².